The van der Waals surface area contributed by atoms with Crippen LogP contribution in [0.4, 0.5) is 16.5 Å². The molecule has 2 aliphatic rings. The van der Waals surface area contributed by atoms with Gasteiger partial charge in [0.2, 0.25) is 0 Å². The maximum atomic E-state index is 13.0. The third-order valence-corrected chi connectivity index (χ3v) is 7.29. The molecule has 0 bridgehead atoms. The number of hydrogen-bond donors (Lipinski definition) is 3. The van der Waals surface area contributed by atoms with Crippen LogP contribution in [0.2, 0.25) is 0 Å². The van der Waals surface area contributed by atoms with E-state index < -0.39 is 0 Å². The van der Waals surface area contributed by atoms with Gasteiger partial charge < -0.3 is 21.7 Å². The second kappa shape index (κ2) is 8.71. The van der Waals surface area contributed by atoms with Gasteiger partial charge in [-0.15, -0.1) is 11.3 Å². The Balaban J connectivity index is 1.49. The third kappa shape index (κ3) is 4.25. The first-order valence-corrected chi connectivity index (χ1v) is 11.4. The van der Waals surface area contributed by atoms with Gasteiger partial charge in [0.15, 0.2) is 11.5 Å². The van der Waals surface area contributed by atoms with Gasteiger partial charge in [-0.1, -0.05) is 19.3 Å². The van der Waals surface area contributed by atoms with Crippen molar-refractivity contribution in [1.82, 2.24) is 14.8 Å². The van der Waals surface area contributed by atoms with Crippen molar-refractivity contribution in [1.29, 1.82) is 0 Å². The van der Waals surface area contributed by atoms with E-state index in [1.165, 1.54) is 30.6 Å². The van der Waals surface area contributed by atoms with E-state index in [9.17, 15) is 4.79 Å². The highest BCUT2D eigenvalue weighted by Gasteiger charge is 2.26. The van der Waals surface area contributed by atoms with Crippen LogP contribution in [0.15, 0.2) is 6.20 Å². The fourth-order valence-corrected chi connectivity index (χ4v) is 5.49. The van der Waals surface area contributed by atoms with Crippen molar-refractivity contribution in [2.24, 2.45) is 18.7 Å². The van der Waals surface area contributed by atoms with E-state index in [-0.39, 0.29) is 5.91 Å². The van der Waals surface area contributed by atoms with Gasteiger partial charge in [-0.3, -0.25) is 9.48 Å². The van der Waals surface area contributed by atoms with E-state index in [4.69, 9.17) is 11.5 Å². The van der Waals surface area contributed by atoms with E-state index in [1.54, 1.807) is 6.20 Å². The Bertz CT molecular complexity index is 847. The molecule has 0 radical (unpaired) electrons. The predicted molar refractivity (Wildman–Crippen MR) is 118 cm³/mol. The van der Waals surface area contributed by atoms with Crippen LogP contribution in [0.1, 0.15) is 66.4 Å². The minimum absolute atomic E-state index is 0.257. The fraction of sp³-hybridized carbons (Fsp3) is 0.650. The molecule has 0 aromatic carbocycles. The van der Waals surface area contributed by atoms with Crippen LogP contribution in [-0.2, 0) is 7.05 Å². The van der Waals surface area contributed by atoms with Crippen molar-refractivity contribution >= 4 is 33.8 Å². The number of thiazole rings is 1. The summed E-state index contributed by atoms with van der Waals surface area (Å²) in [6.07, 6.45) is 9.83. The monoisotopic (exact) mass is 417 g/mol. The molecule has 8 nitrogen and oxygen atoms in total. The number of carbonyl (C=O) groups excluding carboxylic acids is 1. The molecule has 2 aromatic heterocycles. The first kappa shape index (κ1) is 20.2. The highest BCUT2D eigenvalue weighted by molar-refractivity contribution is 7.16. The number of nitrogen functional groups attached to an aromatic ring is 1. The number of hydrogen-bond acceptors (Lipinski definition) is 7. The summed E-state index contributed by atoms with van der Waals surface area (Å²) in [5.41, 5.74) is 13.0. The minimum atomic E-state index is -0.257. The summed E-state index contributed by atoms with van der Waals surface area (Å²) in [5, 5.41) is 8.87. The van der Waals surface area contributed by atoms with Crippen molar-refractivity contribution in [3.05, 3.63) is 16.9 Å². The molecule has 1 aliphatic carbocycles. The van der Waals surface area contributed by atoms with Crippen LogP contribution in [0.3, 0.4) is 0 Å². The summed E-state index contributed by atoms with van der Waals surface area (Å²) >= 11 is 1.46. The highest BCUT2D eigenvalue weighted by Crippen LogP contribution is 2.37. The van der Waals surface area contributed by atoms with Crippen LogP contribution in [-0.4, -0.2) is 40.3 Å². The Hall–Kier alpha value is -2.13. The Morgan fingerprint density at radius 2 is 1.97 bits per heavy atom. The van der Waals surface area contributed by atoms with Crippen LogP contribution in [0.5, 0.6) is 0 Å². The lowest BCUT2D eigenvalue weighted by Crippen LogP contribution is -2.37. The number of rotatable bonds is 5. The molecule has 0 unspecified atom stereocenters. The van der Waals surface area contributed by atoms with Gasteiger partial charge in [0.25, 0.3) is 5.91 Å². The Labute approximate surface area is 175 Å². The Morgan fingerprint density at radius 3 is 2.66 bits per heavy atom. The van der Waals surface area contributed by atoms with Gasteiger partial charge in [-0.25, -0.2) is 4.98 Å². The zero-order valence-corrected chi connectivity index (χ0v) is 17.9. The number of carbonyl (C=O) groups is 1. The molecule has 29 heavy (non-hydrogen) atoms. The molecule has 0 atom stereocenters. The van der Waals surface area contributed by atoms with Crippen molar-refractivity contribution in [3.63, 3.8) is 0 Å². The van der Waals surface area contributed by atoms with E-state index in [0.29, 0.717) is 28.2 Å². The van der Waals surface area contributed by atoms with Gasteiger partial charge in [0.05, 0.1) is 11.2 Å². The largest absolute Gasteiger partial charge is 0.389 e. The first-order chi connectivity index (χ1) is 14.1. The van der Waals surface area contributed by atoms with E-state index in [0.717, 1.165) is 56.1 Å². The summed E-state index contributed by atoms with van der Waals surface area (Å²) in [5.74, 6) is 1.68. The van der Waals surface area contributed by atoms with E-state index >= 15 is 0 Å². The average Bonchev–Trinajstić information content (AvgIpc) is 3.31. The molecule has 5 N–H and O–H groups in total. The number of aromatic nitrogens is 3. The van der Waals surface area contributed by atoms with Crippen LogP contribution < -0.4 is 21.7 Å². The molecule has 1 amide bonds. The molecule has 9 heteroatoms. The lowest BCUT2D eigenvalue weighted by molar-refractivity contribution is 0.102. The predicted octanol–water partition coefficient (Wildman–Crippen LogP) is 2.93. The summed E-state index contributed by atoms with van der Waals surface area (Å²) in [6.45, 7) is 2.55. The van der Waals surface area contributed by atoms with Crippen molar-refractivity contribution in [2.75, 3.05) is 35.6 Å². The molecule has 2 fully saturated rings. The summed E-state index contributed by atoms with van der Waals surface area (Å²) in [4.78, 5) is 19.9. The number of amides is 1. The highest BCUT2D eigenvalue weighted by atomic mass is 32.1. The van der Waals surface area contributed by atoms with Crippen LogP contribution in [0.25, 0.3) is 0 Å². The minimum Gasteiger partial charge on any atom is -0.389 e. The second-order valence-corrected chi connectivity index (χ2v) is 9.29. The SMILES string of the molecule is Cn1ncc(NC(=O)c2nc(C3CCCCC3)sc2N)c1N1CCC(CN)CC1. The molecule has 0 spiro atoms. The molecule has 3 heterocycles. The molecular weight excluding hydrogens is 386 g/mol. The molecule has 1 aliphatic heterocycles. The summed E-state index contributed by atoms with van der Waals surface area (Å²) in [7, 11) is 1.90. The Morgan fingerprint density at radius 1 is 1.24 bits per heavy atom. The molecule has 1 saturated heterocycles. The molecule has 4 rings (SSSR count). The molecule has 158 valence electrons. The summed E-state index contributed by atoms with van der Waals surface area (Å²) in [6, 6.07) is 0. The second-order valence-electron chi connectivity index (χ2n) is 8.23. The quantitative estimate of drug-likeness (QED) is 0.689. The van der Waals surface area contributed by atoms with Gasteiger partial charge >= 0.3 is 0 Å². The van der Waals surface area contributed by atoms with Gasteiger partial charge in [0.1, 0.15) is 10.7 Å². The zero-order valence-electron chi connectivity index (χ0n) is 17.1. The van der Waals surface area contributed by atoms with Crippen molar-refractivity contribution in [3.8, 4) is 0 Å². The topological polar surface area (TPSA) is 115 Å². The normalized spacial score (nSPS) is 18.9. The van der Waals surface area contributed by atoms with E-state index in [1.807, 2.05) is 11.7 Å². The zero-order chi connectivity index (χ0) is 20.4. The van der Waals surface area contributed by atoms with Crippen molar-refractivity contribution in [2.45, 2.75) is 50.9 Å². The average molecular weight is 418 g/mol. The standard InChI is InChI=1S/C20H31N7OS/c1-26-20(27-9-7-13(11-21)8-10-27)15(12-23-26)24-18(28)16-17(22)29-19(25-16)14-5-3-2-4-6-14/h12-14H,2-11,21-22H2,1H3,(H,24,28). The fourth-order valence-electron chi connectivity index (χ4n) is 4.49. The van der Waals surface area contributed by atoms with Gasteiger partial charge in [0, 0.05) is 26.1 Å². The smallest absolute Gasteiger partial charge is 0.277 e. The molecule has 1 saturated carbocycles. The maximum absolute atomic E-state index is 13.0. The maximum Gasteiger partial charge on any atom is 0.277 e. The summed E-state index contributed by atoms with van der Waals surface area (Å²) < 4.78 is 1.82. The number of piperidine rings is 1. The Kier molecular flexibility index (Phi) is 6.05. The number of anilines is 3. The number of nitrogens with one attached hydrogen (secondary N) is 1. The molecular formula is C20H31N7OS. The van der Waals surface area contributed by atoms with Crippen molar-refractivity contribution < 1.29 is 4.79 Å². The number of nitrogens with zero attached hydrogens (tertiary/aromatic N) is 4. The van der Waals surface area contributed by atoms with Gasteiger partial charge in [-0.2, -0.15) is 5.10 Å². The van der Waals surface area contributed by atoms with Crippen LogP contribution >= 0.6 is 11.3 Å². The first-order valence-electron chi connectivity index (χ1n) is 10.6. The number of aryl methyl sites for hydroxylation is 1. The van der Waals surface area contributed by atoms with Gasteiger partial charge in [-0.05, 0) is 38.1 Å². The van der Waals surface area contributed by atoms with Crippen LogP contribution in [0, 0.1) is 5.92 Å². The lowest BCUT2D eigenvalue weighted by atomic mass is 9.90. The molecule has 2 aromatic rings. The lowest BCUT2D eigenvalue weighted by Gasteiger charge is -2.33. The van der Waals surface area contributed by atoms with E-state index in [2.05, 4.69) is 20.3 Å². The third-order valence-electron chi connectivity index (χ3n) is 6.24. The number of nitrogens with two attached hydrogens (primary N) is 2.